The summed E-state index contributed by atoms with van der Waals surface area (Å²) in [7, 11) is 0. The molecule has 0 aliphatic carbocycles. The Morgan fingerprint density at radius 3 is 3.00 bits per heavy atom. The van der Waals surface area contributed by atoms with Crippen molar-refractivity contribution in [3.8, 4) is 5.88 Å². The molecule has 2 saturated heterocycles. The largest absolute Gasteiger partial charge is 0.475 e. The quantitative estimate of drug-likeness (QED) is 0.835. The second kappa shape index (κ2) is 7.06. The first-order valence-corrected chi connectivity index (χ1v) is 8.71. The van der Waals surface area contributed by atoms with E-state index in [1.165, 1.54) is 11.6 Å². The highest BCUT2D eigenvalue weighted by Gasteiger charge is 2.48. The number of hydrogen-bond acceptors (Lipinski definition) is 5. The molecule has 25 heavy (non-hydrogen) atoms. The van der Waals surface area contributed by atoms with Crippen molar-refractivity contribution in [3.63, 3.8) is 0 Å². The van der Waals surface area contributed by atoms with Gasteiger partial charge in [0, 0.05) is 50.2 Å². The number of pyridine rings is 2. The maximum atomic E-state index is 13.8. The second-order valence-corrected chi connectivity index (χ2v) is 6.91. The Hall–Kier alpha value is -2.05. The standard InChI is InChI=1S/C19H22FN3O2/c20-16-2-1-7-22-18(16)25-14-19-6-11-24-17(19)5-10-23(13-19)12-15-3-8-21-9-4-15/h1-4,7-9,17H,5-6,10-14H2/t17-,19+/m1/s1. The Morgan fingerprint density at radius 1 is 1.28 bits per heavy atom. The number of rotatable bonds is 5. The van der Waals surface area contributed by atoms with E-state index in [1.54, 1.807) is 12.3 Å². The van der Waals surface area contributed by atoms with E-state index in [1.807, 2.05) is 24.5 Å². The minimum atomic E-state index is -0.418. The van der Waals surface area contributed by atoms with Gasteiger partial charge in [0.2, 0.25) is 5.88 Å². The van der Waals surface area contributed by atoms with Gasteiger partial charge in [0.1, 0.15) is 0 Å². The van der Waals surface area contributed by atoms with Crippen molar-refractivity contribution in [3.05, 3.63) is 54.2 Å². The molecule has 2 aromatic rings. The minimum Gasteiger partial charge on any atom is -0.475 e. The summed E-state index contributed by atoms with van der Waals surface area (Å²) in [5.41, 5.74) is 1.15. The first-order valence-electron chi connectivity index (χ1n) is 8.71. The van der Waals surface area contributed by atoms with Crippen LogP contribution in [0.3, 0.4) is 0 Å². The van der Waals surface area contributed by atoms with Gasteiger partial charge in [0.15, 0.2) is 5.82 Å². The van der Waals surface area contributed by atoms with E-state index >= 15 is 0 Å². The van der Waals surface area contributed by atoms with Gasteiger partial charge in [-0.1, -0.05) is 0 Å². The zero-order valence-corrected chi connectivity index (χ0v) is 14.1. The van der Waals surface area contributed by atoms with Crippen LogP contribution >= 0.6 is 0 Å². The highest BCUT2D eigenvalue weighted by atomic mass is 19.1. The molecule has 6 heteroatoms. The van der Waals surface area contributed by atoms with E-state index in [0.717, 1.165) is 39.1 Å². The summed E-state index contributed by atoms with van der Waals surface area (Å²) in [4.78, 5) is 10.5. The van der Waals surface area contributed by atoms with Crippen LogP contribution in [0.15, 0.2) is 42.9 Å². The Balaban J connectivity index is 1.46. The van der Waals surface area contributed by atoms with Gasteiger partial charge in [-0.2, -0.15) is 0 Å². The highest BCUT2D eigenvalue weighted by Crippen LogP contribution is 2.41. The van der Waals surface area contributed by atoms with Gasteiger partial charge in [-0.15, -0.1) is 0 Å². The predicted octanol–water partition coefficient (Wildman–Crippen LogP) is 2.68. The smallest absolute Gasteiger partial charge is 0.250 e. The van der Waals surface area contributed by atoms with E-state index in [4.69, 9.17) is 9.47 Å². The van der Waals surface area contributed by atoms with E-state index in [9.17, 15) is 4.39 Å². The van der Waals surface area contributed by atoms with Crippen molar-refractivity contribution in [2.24, 2.45) is 5.41 Å². The fourth-order valence-corrected chi connectivity index (χ4v) is 3.92. The molecular formula is C19H22FN3O2. The van der Waals surface area contributed by atoms with Crippen LogP contribution in [0.25, 0.3) is 0 Å². The molecule has 0 unspecified atom stereocenters. The molecule has 2 aromatic heterocycles. The molecule has 4 rings (SSSR count). The number of likely N-dealkylation sites (tertiary alicyclic amines) is 1. The maximum absolute atomic E-state index is 13.8. The molecule has 0 spiro atoms. The summed E-state index contributed by atoms with van der Waals surface area (Å²) < 4.78 is 25.5. The van der Waals surface area contributed by atoms with Gasteiger partial charge >= 0.3 is 0 Å². The molecule has 2 aliphatic heterocycles. The molecule has 2 fully saturated rings. The summed E-state index contributed by atoms with van der Waals surface area (Å²) in [6, 6.07) is 7.03. The Morgan fingerprint density at radius 2 is 2.16 bits per heavy atom. The van der Waals surface area contributed by atoms with Crippen molar-refractivity contribution in [1.29, 1.82) is 0 Å². The number of piperidine rings is 1. The van der Waals surface area contributed by atoms with Crippen molar-refractivity contribution in [2.75, 3.05) is 26.3 Å². The van der Waals surface area contributed by atoms with E-state index < -0.39 is 5.82 Å². The lowest BCUT2D eigenvalue weighted by Crippen LogP contribution is -2.52. The third-order valence-electron chi connectivity index (χ3n) is 5.22. The number of halogens is 1. The van der Waals surface area contributed by atoms with E-state index in [0.29, 0.717) is 6.61 Å². The lowest BCUT2D eigenvalue weighted by molar-refractivity contribution is -0.0425. The van der Waals surface area contributed by atoms with Gasteiger partial charge in [-0.05, 0) is 42.7 Å². The van der Waals surface area contributed by atoms with Crippen LogP contribution in [-0.2, 0) is 11.3 Å². The second-order valence-electron chi connectivity index (χ2n) is 6.91. The number of aromatic nitrogens is 2. The van der Waals surface area contributed by atoms with Crippen LogP contribution in [0.5, 0.6) is 5.88 Å². The van der Waals surface area contributed by atoms with Crippen LogP contribution < -0.4 is 4.74 Å². The van der Waals surface area contributed by atoms with Gasteiger partial charge < -0.3 is 9.47 Å². The SMILES string of the molecule is Fc1cccnc1OC[C@@]12CCO[C@@H]1CCN(Cc1ccncc1)C2. The average Bonchev–Trinajstić information content (AvgIpc) is 3.05. The van der Waals surface area contributed by atoms with Crippen molar-refractivity contribution < 1.29 is 13.9 Å². The van der Waals surface area contributed by atoms with Crippen LogP contribution in [-0.4, -0.2) is 47.3 Å². The van der Waals surface area contributed by atoms with Crippen LogP contribution in [0.2, 0.25) is 0 Å². The van der Waals surface area contributed by atoms with Crippen LogP contribution in [0.4, 0.5) is 4.39 Å². The number of ether oxygens (including phenoxy) is 2. The van der Waals surface area contributed by atoms with Gasteiger partial charge in [-0.25, -0.2) is 9.37 Å². The molecule has 132 valence electrons. The Labute approximate surface area is 146 Å². The fraction of sp³-hybridized carbons (Fsp3) is 0.474. The molecule has 0 saturated carbocycles. The molecule has 4 heterocycles. The highest BCUT2D eigenvalue weighted by molar-refractivity contribution is 5.14. The number of hydrogen-bond donors (Lipinski definition) is 0. The monoisotopic (exact) mass is 343 g/mol. The molecule has 0 aromatic carbocycles. The van der Waals surface area contributed by atoms with Crippen LogP contribution in [0.1, 0.15) is 18.4 Å². The zero-order valence-electron chi connectivity index (χ0n) is 14.1. The van der Waals surface area contributed by atoms with E-state index in [-0.39, 0.29) is 17.4 Å². The summed E-state index contributed by atoms with van der Waals surface area (Å²) >= 11 is 0. The average molecular weight is 343 g/mol. The van der Waals surface area contributed by atoms with Crippen molar-refractivity contribution in [2.45, 2.75) is 25.5 Å². The molecule has 2 atom stereocenters. The topological polar surface area (TPSA) is 47.5 Å². The number of fused-ring (bicyclic) bond motifs is 1. The minimum absolute atomic E-state index is 0.0776. The Bertz CT molecular complexity index is 715. The summed E-state index contributed by atoms with van der Waals surface area (Å²) in [6.45, 7) is 3.93. The predicted molar refractivity (Wildman–Crippen MR) is 90.6 cm³/mol. The third-order valence-corrected chi connectivity index (χ3v) is 5.22. The molecule has 0 radical (unpaired) electrons. The van der Waals surface area contributed by atoms with Gasteiger partial charge in [0.05, 0.1) is 12.7 Å². The zero-order chi connectivity index (χ0) is 17.1. The molecular weight excluding hydrogens is 321 g/mol. The Kier molecular flexibility index (Phi) is 4.63. The van der Waals surface area contributed by atoms with Gasteiger partial charge in [-0.3, -0.25) is 9.88 Å². The molecule has 0 amide bonds. The lowest BCUT2D eigenvalue weighted by Gasteiger charge is -2.43. The first kappa shape index (κ1) is 16.4. The summed E-state index contributed by atoms with van der Waals surface area (Å²) in [6.07, 6.45) is 7.27. The van der Waals surface area contributed by atoms with E-state index in [2.05, 4.69) is 14.9 Å². The number of nitrogens with zero attached hydrogens (tertiary/aromatic N) is 3. The van der Waals surface area contributed by atoms with Crippen LogP contribution in [0, 0.1) is 11.2 Å². The summed E-state index contributed by atoms with van der Waals surface area (Å²) in [5.74, 6) is -0.340. The molecule has 5 nitrogen and oxygen atoms in total. The maximum Gasteiger partial charge on any atom is 0.250 e. The third kappa shape index (κ3) is 3.50. The molecule has 0 N–H and O–H groups in total. The summed E-state index contributed by atoms with van der Waals surface area (Å²) in [5, 5.41) is 0. The van der Waals surface area contributed by atoms with Crippen molar-refractivity contribution in [1.82, 2.24) is 14.9 Å². The van der Waals surface area contributed by atoms with Crippen molar-refractivity contribution >= 4 is 0 Å². The van der Waals surface area contributed by atoms with Gasteiger partial charge in [0.25, 0.3) is 0 Å². The fourth-order valence-electron chi connectivity index (χ4n) is 3.92. The molecule has 0 bridgehead atoms. The lowest BCUT2D eigenvalue weighted by atomic mass is 9.77. The first-order chi connectivity index (χ1) is 12.3. The molecule has 2 aliphatic rings. The normalized spacial score (nSPS) is 26.4.